The van der Waals surface area contributed by atoms with E-state index in [1.807, 2.05) is 31.6 Å². The van der Waals surface area contributed by atoms with Crippen molar-refractivity contribution in [2.45, 2.75) is 77.2 Å². The van der Waals surface area contributed by atoms with Crippen LogP contribution in [0.15, 0.2) is 18.3 Å². The number of fused-ring (bicyclic) bond motifs is 1. The molecule has 7 nitrogen and oxygen atoms in total. The van der Waals surface area contributed by atoms with E-state index in [2.05, 4.69) is 24.2 Å². The Labute approximate surface area is 177 Å². The minimum Gasteiger partial charge on any atom is -0.444 e. The largest absolute Gasteiger partial charge is 0.444 e. The van der Waals surface area contributed by atoms with E-state index < -0.39 is 11.7 Å². The molecule has 3 atom stereocenters. The summed E-state index contributed by atoms with van der Waals surface area (Å²) >= 11 is 0. The standard InChI is InChI=1S/C23H33N3O4/c1-15-11-16-13-24-26(21-7-5-6-10-29-21)19(16)12-18(15)17-8-9-25(14-20(17)27)22(28)30-23(2,3)4/h11-13,17,20-21,27H,5-10,14H2,1-4H3/t17-,20+,21?/m0/s1. The summed E-state index contributed by atoms with van der Waals surface area (Å²) in [6, 6.07) is 4.30. The lowest BCUT2D eigenvalue weighted by Crippen LogP contribution is -2.47. The van der Waals surface area contributed by atoms with Crippen molar-refractivity contribution in [2.75, 3.05) is 19.7 Å². The Hall–Kier alpha value is -2.12. The number of aromatic nitrogens is 2. The van der Waals surface area contributed by atoms with Gasteiger partial charge in [-0.2, -0.15) is 5.10 Å². The van der Waals surface area contributed by atoms with Crippen molar-refractivity contribution in [2.24, 2.45) is 0 Å². The van der Waals surface area contributed by atoms with Gasteiger partial charge < -0.3 is 19.5 Å². The van der Waals surface area contributed by atoms with Crippen LogP contribution in [0.1, 0.15) is 69.7 Å². The Kier molecular flexibility index (Phi) is 5.77. The number of ether oxygens (including phenoxy) is 2. The highest BCUT2D eigenvalue weighted by Gasteiger charge is 2.34. The van der Waals surface area contributed by atoms with E-state index in [1.54, 1.807) is 4.90 Å². The summed E-state index contributed by atoms with van der Waals surface area (Å²) in [5, 5.41) is 16.6. The number of hydrogen-bond acceptors (Lipinski definition) is 5. The zero-order chi connectivity index (χ0) is 21.5. The molecule has 0 aliphatic carbocycles. The van der Waals surface area contributed by atoms with Crippen molar-refractivity contribution < 1.29 is 19.4 Å². The molecule has 164 valence electrons. The second-order valence-corrected chi connectivity index (χ2v) is 9.57. The quantitative estimate of drug-likeness (QED) is 0.798. The summed E-state index contributed by atoms with van der Waals surface area (Å²) in [6.07, 6.45) is 4.79. The van der Waals surface area contributed by atoms with E-state index in [9.17, 15) is 9.90 Å². The third-order valence-corrected chi connectivity index (χ3v) is 6.04. The zero-order valence-electron chi connectivity index (χ0n) is 18.4. The fourth-order valence-electron chi connectivity index (χ4n) is 4.56. The number of β-amino-alcohol motifs (C(OH)–C–C–N with tert-alkyl or cyclic N) is 1. The van der Waals surface area contributed by atoms with Gasteiger partial charge in [-0.1, -0.05) is 0 Å². The van der Waals surface area contributed by atoms with E-state index in [0.717, 1.165) is 47.9 Å². The predicted molar refractivity (Wildman–Crippen MR) is 114 cm³/mol. The third-order valence-electron chi connectivity index (χ3n) is 6.04. The molecule has 0 spiro atoms. The molecule has 30 heavy (non-hydrogen) atoms. The molecule has 2 aromatic rings. The van der Waals surface area contributed by atoms with Gasteiger partial charge in [0.15, 0.2) is 6.23 Å². The topological polar surface area (TPSA) is 76.8 Å². The molecule has 2 aliphatic rings. The van der Waals surface area contributed by atoms with Gasteiger partial charge >= 0.3 is 6.09 Å². The molecule has 1 unspecified atom stereocenters. The number of nitrogens with zero attached hydrogens (tertiary/aromatic N) is 3. The van der Waals surface area contributed by atoms with Crippen LogP contribution < -0.4 is 0 Å². The third kappa shape index (κ3) is 4.32. The molecular formula is C23H33N3O4. The average molecular weight is 416 g/mol. The number of piperidine rings is 1. The smallest absolute Gasteiger partial charge is 0.410 e. The molecule has 0 radical (unpaired) electrons. The molecule has 1 amide bonds. The molecule has 7 heteroatoms. The normalized spacial score (nSPS) is 25.5. The van der Waals surface area contributed by atoms with Gasteiger partial charge in [0.05, 0.1) is 24.4 Å². The maximum atomic E-state index is 12.4. The Morgan fingerprint density at radius 2 is 2.07 bits per heavy atom. The number of rotatable bonds is 2. The summed E-state index contributed by atoms with van der Waals surface area (Å²) in [5.74, 6) is -0.0243. The van der Waals surface area contributed by atoms with E-state index in [1.165, 1.54) is 0 Å². The number of aliphatic hydroxyl groups is 1. The SMILES string of the molecule is Cc1cc2cnn(C3CCCCO3)c2cc1[C@@H]1CCN(C(=O)OC(C)(C)C)C[C@H]1O. The minimum atomic E-state index is -0.635. The van der Waals surface area contributed by atoms with Gasteiger partial charge in [-0.3, -0.25) is 0 Å². The van der Waals surface area contributed by atoms with Gasteiger partial charge in [0.1, 0.15) is 5.60 Å². The lowest BCUT2D eigenvalue weighted by molar-refractivity contribution is -0.0367. The molecule has 3 heterocycles. The predicted octanol–water partition coefficient (Wildman–Crippen LogP) is 4.13. The summed E-state index contributed by atoms with van der Waals surface area (Å²) in [7, 11) is 0. The Bertz CT molecular complexity index is 911. The minimum absolute atomic E-state index is 0.0225. The first kappa shape index (κ1) is 21.1. The molecule has 1 aromatic carbocycles. The fraction of sp³-hybridized carbons (Fsp3) is 0.652. The number of aryl methyl sites for hydroxylation is 1. The molecule has 0 saturated carbocycles. The van der Waals surface area contributed by atoms with E-state index >= 15 is 0 Å². The number of carbonyl (C=O) groups excluding carboxylic acids is 1. The van der Waals surface area contributed by atoms with Gasteiger partial charge in [0, 0.05) is 24.5 Å². The van der Waals surface area contributed by atoms with Crippen LogP contribution in [-0.2, 0) is 9.47 Å². The Morgan fingerprint density at radius 1 is 1.27 bits per heavy atom. The van der Waals surface area contributed by atoms with Crippen LogP contribution in [0, 0.1) is 6.92 Å². The highest BCUT2D eigenvalue weighted by Crippen LogP contribution is 2.35. The van der Waals surface area contributed by atoms with Crippen molar-refractivity contribution >= 4 is 17.0 Å². The van der Waals surface area contributed by atoms with Crippen LogP contribution in [0.5, 0.6) is 0 Å². The first-order chi connectivity index (χ1) is 14.2. The van der Waals surface area contributed by atoms with Crippen LogP contribution in [-0.4, -0.2) is 57.3 Å². The first-order valence-electron chi connectivity index (χ1n) is 11.0. The Balaban J connectivity index is 1.55. The van der Waals surface area contributed by atoms with Crippen molar-refractivity contribution in [3.8, 4) is 0 Å². The highest BCUT2D eigenvalue weighted by molar-refractivity contribution is 5.81. The lowest BCUT2D eigenvalue weighted by Gasteiger charge is -2.37. The molecule has 4 rings (SSSR count). The van der Waals surface area contributed by atoms with Gasteiger partial charge in [-0.05, 0) is 76.6 Å². The number of aliphatic hydroxyl groups excluding tert-OH is 1. The molecule has 2 saturated heterocycles. The number of hydrogen-bond donors (Lipinski definition) is 1. The van der Waals surface area contributed by atoms with Gasteiger partial charge in [-0.15, -0.1) is 0 Å². The Morgan fingerprint density at radius 3 is 2.73 bits per heavy atom. The van der Waals surface area contributed by atoms with E-state index in [-0.39, 0.29) is 24.8 Å². The molecule has 2 aliphatic heterocycles. The van der Waals surface area contributed by atoms with Crippen molar-refractivity contribution in [1.82, 2.24) is 14.7 Å². The summed E-state index contributed by atoms with van der Waals surface area (Å²) in [4.78, 5) is 14.0. The van der Waals surface area contributed by atoms with E-state index in [4.69, 9.17) is 9.47 Å². The van der Waals surface area contributed by atoms with Crippen molar-refractivity contribution in [3.63, 3.8) is 0 Å². The number of likely N-dealkylation sites (tertiary alicyclic amines) is 1. The molecular weight excluding hydrogens is 382 g/mol. The maximum Gasteiger partial charge on any atom is 0.410 e. The van der Waals surface area contributed by atoms with Gasteiger partial charge in [-0.25, -0.2) is 9.48 Å². The van der Waals surface area contributed by atoms with Gasteiger partial charge in [0.25, 0.3) is 0 Å². The first-order valence-corrected chi connectivity index (χ1v) is 11.0. The van der Waals surface area contributed by atoms with Crippen LogP contribution in [0.2, 0.25) is 0 Å². The summed E-state index contributed by atoms with van der Waals surface area (Å²) < 4.78 is 13.4. The fourth-order valence-corrected chi connectivity index (χ4v) is 4.56. The summed E-state index contributed by atoms with van der Waals surface area (Å²) in [5.41, 5.74) is 2.77. The second kappa shape index (κ2) is 8.19. The van der Waals surface area contributed by atoms with E-state index in [0.29, 0.717) is 13.0 Å². The van der Waals surface area contributed by atoms with Crippen molar-refractivity contribution in [3.05, 3.63) is 29.5 Å². The van der Waals surface area contributed by atoms with Crippen molar-refractivity contribution in [1.29, 1.82) is 0 Å². The average Bonchev–Trinajstić information content (AvgIpc) is 3.09. The monoisotopic (exact) mass is 415 g/mol. The number of carbonyl (C=O) groups is 1. The van der Waals surface area contributed by atoms with Gasteiger partial charge in [0.2, 0.25) is 0 Å². The molecule has 1 aromatic heterocycles. The zero-order valence-corrected chi connectivity index (χ0v) is 18.4. The van der Waals surface area contributed by atoms with Crippen LogP contribution in [0.25, 0.3) is 10.9 Å². The second-order valence-electron chi connectivity index (χ2n) is 9.57. The highest BCUT2D eigenvalue weighted by atomic mass is 16.6. The molecule has 0 bridgehead atoms. The summed E-state index contributed by atoms with van der Waals surface area (Å²) in [6.45, 7) is 9.26. The number of benzene rings is 1. The van der Waals surface area contributed by atoms with Crippen LogP contribution in [0.4, 0.5) is 4.79 Å². The van der Waals surface area contributed by atoms with Crippen LogP contribution in [0.3, 0.4) is 0 Å². The molecule has 2 fully saturated rings. The molecule has 1 N–H and O–H groups in total. The maximum absolute atomic E-state index is 12.4. The van der Waals surface area contributed by atoms with Crippen LogP contribution >= 0.6 is 0 Å². The number of amides is 1. The lowest BCUT2D eigenvalue weighted by atomic mass is 9.84.